The summed E-state index contributed by atoms with van der Waals surface area (Å²) in [5.74, 6) is -0.122. The summed E-state index contributed by atoms with van der Waals surface area (Å²) in [7, 11) is -1.21. The molecular weight excluding hydrogens is 512 g/mol. The minimum Gasteiger partial charge on any atom is -0.444 e. The SMILES string of the molecule is C[SiH](C)OCc1ccnc(-c2cccc(N=C(NC(=O)OC(C)(C)C)NC(=O)OC(C)(C)C)c2)c1C(C)(C)C. The molecule has 0 fully saturated rings. The van der Waals surface area contributed by atoms with E-state index < -0.39 is 32.4 Å². The van der Waals surface area contributed by atoms with Crippen molar-refractivity contribution in [3.8, 4) is 11.3 Å². The fraction of sp³-hybridized carbons (Fsp3) is 0.517. The number of benzene rings is 1. The van der Waals surface area contributed by atoms with Crippen LogP contribution in [0.3, 0.4) is 0 Å². The minimum atomic E-state index is -1.21. The summed E-state index contributed by atoms with van der Waals surface area (Å²) in [6.45, 7) is 21.8. The molecule has 1 aromatic heterocycles. The molecule has 1 aromatic carbocycles. The van der Waals surface area contributed by atoms with Crippen molar-refractivity contribution >= 4 is 32.9 Å². The standard InChI is InChI=1S/C29H44N4O5Si/c1-27(2,3)22-20(18-36-39(10)11)15-16-30-23(22)19-13-12-14-21(17-19)31-24(32-25(34)37-28(4,5)6)33-26(35)38-29(7,8)9/h12-17,39H,18H2,1-11H3,(H2,31,32,33,34,35). The lowest BCUT2D eigenvalue weighted by Gasteiger charge is -2.26. The smallest absolute Gasteiger partial charge is 0.414 e. The zero-order chi connectivity index (χ0) is 29.6. The average molecular weight is 557 g/mol. The molecule has 0 unspecified atom stereocenters. The highest BCUT2D eigenvalue weighted by molar-refractivity contribution is 6.48. The highest BCUT2D eigenvalue weighted by atomic mass is 28.3. The predicted octanol–water partition coefficient (Wildman–Crippen LogP) is 6.58. The van der Waals surface area contributed by atoms with Crippen molar-refractivity contribution < 1.29 is 23.5 Å². The normalized spacial score (nSPS) is 12.1. The summed E-state index contributed by atoms with van der Waals surface area (Å²) in [5, 5.41) is 5.04. The number of rotatable bonds is 5. The van der Waals surface area contributed by atoms with Crippen LogP contribution in [0.2, 0.25) is 13.1 Å². The first-order valence-corrected chi connectivity index (χ1v) is 15.9. The Morgan fingerprint density at radius 2 is 1.46 bits per heavy atom. The van der Waals surface area contributed by atoms with Gasteiger partial charge in [0.05, 0.1) is 18.0 Å². The van der Waals surface area contributed by atoms with Crippen LogP contribution in [-0.4, -0.2) is 43.4 Å². The van der Waals surface area contributed by atoms with E-state index in [-0.39, 0.29) is 11.4 Å². The van der Waals surface area contributed by atoms with Gasteiger partial charge in [0.2, 0.25) is 5.96 Å². The van der Waals surface area contributed by atoms with E-state index in [1.807, 2.05) is 24.3 Å². The first-order valence-electron chi connectivity index (χ1n) is 13.1. The Bertz CT molecular complexity index is 1160. The van der Waals surface area contributed by atoms with Crippen LogP contribution in [0, 0.1) is 0 Å². The van der Waals surface area contributed by atoms with Gasteiger partial charge in [-0.05, 0) is 89.4 Å². The predicted molar refractivity (Wildman–Crippen MR) is 158 cm³/mol. The molecule has 0 saturated heterocycles. The number of hydrogen-bond acceptors (Lipinski definition) is 7. The van der Waals surface area contributed by atoms with Crippen LogP contribution in [0.4, 0.5) is 15.3 Å². The third-order valence-corrected chi connectivity index (χ3v) is 5.79. The molecule has 0 radical (unpaired) electrons. The number of aromatic nitrogens is 1. The van der Waals surface area contributed by atoms with Crippen LogP contribution >= 0.6 is 0 Å². The summed E-state index contributed by atoms with van der Waals surface area (Å²) in [5.41, 5.74) is 2.70. The number of nitrogens with one attached hydrogen (secondary N) is 2. The second-order valence-corrected chi connectivity index (χ2v) is 15.0. The van der Waals surface area contributed by atoms with Gasteiger partial charge >= 0.3 is 12.2 Å². The number of pyridine rings is 1. The molecule has 2 aromatic rings. The van der Waals surface area contributed by atoms with E-state index in [0.717, 1.165) is 22.4 Å². The van der Waals surface area contributed by atoms with Crippen LogP contribution in [0.15, 0.2) is 41.5 Å². The first-order chi connectivity index (χ1) is 17.8. The van der Waals surface area contributed by atoms with E-state index in [9.17, 15) is 9.59 Å². The first kappa shape index (κ1) is 32.0. The van der Waals surface area contributed by atoms with Gasteiger partial charge in [-0.2, -0.15) is 0 Å². The number of guanidine groups is 1. The summed E-state index contributed by atoms with van der Waals surface area (Å²) in [6.07, 6.45) is 0.277. The van der Waals surface area contributed by atoms with E-state index in [1.165, 1.54) is 0 Å². The van der Waals surface area contributed by atoms with Gasteiger partial charge in [-0.25, -0.2) is 14.6 Å². The molecule has 0 atom stereocenters. The zero-order valence-electron chi connectivity index (χ0n) is 25.2. The number of carbonyl (C=O) groups is 2. The quantitative estimate of drug-likeness (QED) is 0.244. The number of aliphatic imine (C=N–C) groups is 1. The van der Waals surface area contributed by atoms with E-state index in [4.69, 9.17) is 18.9 Å². The highest BCUT2D eigenvalue weighted by Gasteiger charge is 2.25. The maximum Gasteiger partial charge on any atom is 0.414 e. The molecule has 2 rings (SSSR count). The van der Waals surface area contributed by atoms with Crippen LogP contribution in [0.5, 0.6) is 0 Å². The average Bonchev–Trinajstić information content (AvgIpc) is 2.74. The zero-order valence-corrected chi connectivity index (χ0v) is 26.3. The molecule has 2 N–H and O–H groups in total. The number of amides is 2. The molecule has 39 heavy (non-hydrogen) atoms. The summed E-state index contributed by atoms with van der Waals surface area (Å²) in [6, 6.07) is 9.44. The number of nitrogens with zero attached hydrogens (tertiary/aromatic N) is 2. The third kappa shape index (κ3) is 11.2. The molecule has 0 aliphatic heterocycles. The molecule has 0 saturated carbocycles. The molecule has 0 aliphatic carbocycles. The van der Waals surface area contributed by atoms with E-state index in [2.05, 4.69) is 49.5 Å². The van der Waals surface area contributed by atoms with Crippen molar-refractivity contribution in [2.45, 2.75) is 98.6 Å². The van der Waals surface area contributed by atoms with Gasteiger partial charge in [-0.3, -0.25) is 15.6 Å². The van der Waals surface area contributed by atoms with Crippen molar-refractivity contribution in [3.05, 3.63) is 47.7 Å². The molecule has 0 aliphatic rings. The Morgan fingerprint density at radius 3 is 1.95 bits per heavy atom. The Hall–Kier alpha value is -3.24. The Kier molecular flexibility index (Phi) is 10.4. The second kappa shape index (κ2) is 12.7. The lowest BCUT2D eigenvalue weighted by atomic mass is 9.81. The molecule has 214 valence electrons. The van der Waals surface area contributed by atoms with Gasteiger partial charge in [0.25, 0.3) is 0 Å². The molecule has 0 spiro atoms. The van der Waals surface area contributed by atoms with Gasteiger partial charge in [-0.1, -0.05) is 32.9 Å². The summed E-state index contributed by atoms with van der Waals surface area (Å²) in [4.78, 5) is 34.2. The van der Waals surface area contributed by atoms with Gasteiger partial charge in [-0.15, -0.1) is 0 Å². The Balaban J connectivity index is 2.52. The second-order valence-electron chi connectivity index (χ2n) is 12.6. The van der Waals surface area contributed by atoms with Crippen molar-refractivity contribution in [1.29, 1.82) is 0 Å². The van der Waals surface area contributed by atoms with Crippen LogP contribution in [-0.2, 0) is 25.9 Å². The van der Waals surface area contributed by atoms with Gasteiger partial charge < -0.3 is 13.9 Å². The fourth-order valence-electron chi connectivity index (χ4n) is 3.67. The van der Waals surface area contributed by atoms with Gasteiger partial charge in [0.1, 0.15) is 11.2 Å². The van der Waals surface area contributed by atoms with E-state index >= 15 is 0 Å². The molecule has 10 heteroatoms. The van der Waals surface area contributed by atoms with E-state index in [0.29, 0.717) is 12.3 Å². The van der Waals surface area contributed by atoms with Crippen molar-refractivity contribution in [2.75, 3.05) is 0 Å². The van der Waals surface area contributed by atoms with Crippen molar-refractivity contribution in [1.82, 2.24) is 15.6 Å². The molecule has 9 nitrogen and oxygen atoms in total. The summed E-state index contributed by atoms with van der Waals surface area (Å²) < 4.78 is 16.7. The van der Waals surface area contributed by atoms with Gasteiger partial charge in [0.15, 0.2) is 9.04 Å². The molecule has 0 bridgehead atoms. The van der Waals surface area contributed by atoms with Crippen molar-refractivity contribution in [2.24, 2.45) is 4.99 Å². The molecule has 2 amide bonds. The largest absolute Gasteiger partial charge is 0.444 e. The monoisotopic (exact) mass is 556 g/mol. The number of carbonyl (C=O) groups excluding carboxylic acids is 2. The number of ether oxygens (including phenoxy) is 2. The number of alkyl carbamates (subject to hydrolysis) is 2. The Morgan fingerprint density at radius 1 is 0.897 bits per heavy atom. The lowest BCUT2D eigenvalue weighted by Crippen LogP contribution is -2.47. The lowest BCUT2D eigenvalue weighted by molar-refractivity contribution is 0.0545. The molecule has 1 heterocycles. The topological polar surface area (TPSA) is 111 Å². The summed E-state index contributed by atoms with van der Waals surface area (Å²) >= 11 is 0. The third-order valence-electron chi connectivity index (χ3n) is 4.96. The van der Waals surface area contributed by atoms with E-state index in [1.54, 1.807) is 53.8 Å². The minimum absolute atomic E-state index is 0.122. The maximum atomic E-state index is 12.5. The van der Waals surface area contributed by atoms with Crippen LogP contribution in [0.25, 0.3) is 11.3 Å². The van der Waals surface area contributed by atoms with Crippen molar-refractivity contribution in [3.63, 3.8) is 0 Å². The Labute approximate surface area is 234 Å². The van der Waals surface area contributed by atoms with Gasteiger partial charge in [0, 0.05) is 11.8 Å². The van der Waals surface area contributed by atoms with Crippen LogP contribution < -0.4 is 10.6 Å². The number of hydrogen-bond donors (Lipinski definition) is 2. The van der Waals surface area contributed by atoms with Crippen LogP contribution in [0.1, 0.15) is 73.4 Å². The fourth-order valence-corrected chi connectivity index (χ4v) is 4.19. The highest BCUT2D eigenvalue weighted by Crippen LogP contribution is 2.35. The maximum absolute atomic E-state index is 12.5. The molecular formula is C29H44N4O5Si.